The molecule has 0 aromatic carbocycles. The van der Waals surface area contributed by atoms with Crippen LogP contribution in [0.15, 0.2) is 16.4 Å². The fourth-order valence-electron chi connectivity index (χ4n) is 1.86. The number of carbonyl (C=O) groups is 1. The van der Waals surface area contributed by atoms with Gasteiger partial charge in [0.2, 0.25) is 0 Å². The summed E-state index contributed by atoms with van der Waals surface area (Å²) in [4.78, 5) is 23.7. The second kappa shape index (κ2) is 7.95. The summed E-state index contributed by atoms with van der Waals surface area (Å²) in [6, 6.07) is 0. The van der Waals surface area contributed by atoms with E-state index >= 15 is 0 Å². The average molecular weight is 242 g/mol. The van der Waals surface area contributed by atoms with Gasteiger partial charge in [-0.05, 0) is 19.8 Å². The molecule has 0 aliphatic rings. The highest BCUT2D eigenvalue weighted by atomic mass is 16.5. The molecule has 5 heteroatoms. The fourth-order valence-corrected chi connectivity index (χ4v) is 1.86. The summed E-state index contributed by atoms with van der Waals surface area (Å²) in [5.41, 5.74) is 2.01. The number of ether oxygens (including phenoxy) is 1. The standard InChI is InChI=1S/C12H22N2O3/c1-9(2)12(10(3)4)14(6-7-17-5)11(15)8-13-16/h9H,6-8H2,1-5H3. The van der Waals surface area contributed by atoms with E-state index in [-0.39, 0.29) is 18.4 Å². The predicted octanol–water partition coefficient (Wildman–Crippen LogP) is 2.18. The maximum atomic E-state index is 11.8. The van der Waals surface area contributed by atoms with E-state index in [1.54, 1.807) is 12.0 Å². The van der Waals surface area contributed by atoms with Crippen LogP contribution in [0.5, 0.6) is 0 Å². The minimum atomic E-state index is -0.326. The van der Waals surface area contributed by atoms with Crippen molar-refractivity contribution in [3.8, 4) is 0 Å². The third kappa shape index (κ3) is 5.08. The Bertz CT molecular complexity index is 294. The zero-order valence-corrected chi connectivity index (χ0v) is 11.3. The SMILES string of the molecule is COCCN(C(=O)CN=O)C(=C(C)C)C(C)C. The highest BCUT2D eigenvalue weighted by molar-refractivity contribution is 5.80. The number of nitrogens with zero attached hydrogens (tertiary/aromatic N) is 2. The molecular formula is C12H22N2O3. The molecule has 0 saturated heterocycles. The Morgan fingerprint density at radius 3 is 2.29 bits per heavy atom. The Morgan fingerprint density at radius 1 is 1.35 bits per heavy atom. The second-order valence-electron chi connectivity index (χ2n) is 4.37. The van der Waals surface area contributed by atoms with E-state index in [1.807, 2.05) is 27.7 Å². The maximum Gasteiger partial charge on any atom is 0.252 e. The number of rotatable bonds is 7. The van der Waals surface area contributed by atoms with Gasteiger partial charge < -0.3 is 9.64 Å². The van der Waals surface area contributed by atoms with E-state index in [4.69, 9.17) is 4.74 Å². The van der Waals surface area contributed by atoms with Crippen molar-refractivity contribution in [1.29, 1.82) is 0 Å². The van der Waals surface area contributed by atoms with Gasteiger partial charge in [0.1, 0.15) is 0 Å². The molecule has 98 valence electrons. The predicted molar refractivity (Wildman–Crippen MR) is 67.5 cm³/mol. The van der Waals surface area contributed by atoms with Crippen molar-refractivity contribution in [2.45, 2.75) is 27.7 Å². The molecule has 17 heavy (non-hydrogen) atoms. The molecule has 0 rings (SSSR count). The Morgan fingerprint density at radius 2 is 1.94 bits per heavy atom. The van der Waals surface area contributed by atoms with E-state index in [2.05, 4.69) is 5.18 Å². The molecule has 0 spiro atoms. The third-order valence-corrected chi connectivity index (χ3v) is 2.37. The number of methoxy groups -OCH3 is 1. The van der Waals surface area contributed by atoms with Crippen LogP contribution in [-0.2, 0) is 9.53 Å². The van der Waals surface area contributed by atoms with Crippen molar-refractivity contribution in [2.75, 3.05) is 26.8 Å². The first kappa shape index (κ1) is 15.8. The Kier molecular flexibility index (Phi) is 7.37. The first-order chi connectivity index (χ1) is 7.95. The van der Waals surface area contributed by atoms with E-state index < -0.39 is 0 Å². The largest absolute Gasteiger partial charge is 0.383 e. The molecule has 0 N–H and O–H groups in total. The van der Waals surface area contributed by atoms with Crippen LogP contribution in [0.1, 0.15) is 27.7 Å². The number of hydrogen-bond acceptors (Lipinski definition) is 4. The number of hydrogen-bond donors (Lipinski definition) is 0. The molecule has 0 atom stereocenters. The lowest BCUT2D eigenvalue weighted by Gasteiger charge is -2.28. The minimum absolute atomic E-state index is 0.215. The second-order valence-corrected chi connectivity index (χ2v) is 4.37. The lowest BCUT2D eigenvalue weighted by Crippen LogP contribution is -2.37. The fraction of sp³-hybridized carbons (Fsp3) is 0.750. The van der Waals surface area contributed by atoms with Gasteiger partial charge in [0, 0.05) is 19.4 Å². The van der Waals surface area contributed by atoms with Gasteiger partial charge in [0.25, 0.3) is 5.91 Å². The van der Waals surface area contributed by atoms with E-state index in [0.29, 0.717) is 13.2 Å². The van der Waals surface area contributed by atoms with Crippen LogP contribution in [0, 0.1) is 10.8 Å². The van der Waals surface area contributed by atoms with Crippen molar-refractivity contribution < 1.29 is 9.53 Å². The summed E-state index contributed by atoms with van der Waals surface area (Å²) in [6.45, 7) is 8.51. The van der Waals surface area contributed by atoms with Crippen LogP contribution in [0.4, 0.5) is 0 Å². The quantitative estimate of drug-likeness (QED) is 0.643. The molecule has 0 aromatic rings. The van der Waals surface area contributed by atoms with Crippen LogP contribution in [0.3, 0.4) is 0 Å². The molecule has 0 aliphatic carbocycles. The topological polar surface area (TPSA) is 59.0 Å². The number of allylic oxidation sites excluding steroid dienone is 2. The van der Waals surface area contributed by atoms with Gasteiger partial charge >= 0.3 is 0 Å². The molecule has 0 aromatic heterocycles. The normalized spacial score (nSPS) is 10.2. The van der Waals surface area contributed by atoms with Gasteiger partial charge in [0.15, 0.2) is 6.54 Å². The zero-order chi connectivity index (χ0) is 13.4. The van der Waals surface area contributed by atoms with E-state index in [0.717, 1.165) is 11.3 Å². The summed E-state index contributed by atoms with van der Waals surface area (Å²) in [5.74, 6) is -0.0607. The molecule has 5 nitrogen and oxygen atoms in total. The van der Waals surface area contributed by atoms with Gasteiger partial charge in [-0.15, -0.1) is 0 Å². The molecule has 0 aliphatic heterocycles. The smallest absolute Gasteiger partial charge is 0.252 e. The maximum absolute atomic E-state index is 11.8. The molecule has 0 fully saturated rings. The average Bonchev–Trinajstić information content (AvgIpc) is 2.22. The minimum Gasteiger partial charge on any atom is -0.383 e. The first-order valence-electron chi connectivity index (χ1n) is 5.71. The Labute approximate surface area is 103 Å². The number of amides is 1. The number of carbonyl (C=O) groups excluding carboxylic acids is 1. The number of nitroso groups, excluding NO2 is 1. The lowest BCUT2D eigenvalue weighted by molar-refractivity contribution is -0.128. The zero-order valence-electron chi connectivity index (χ0n) is 11.3. The summed E-state index contributed by atoms with van der Waals surface area (Å²) in [6.07, 6.45) is 0. The van der Waals surface area contributed by atoms with Crippen LogP contribution < -0.4 is 0 Å². The van der Waals surface area contributed by atoms with Gasteiger partial charge in [-0.1, -0.05) is 24.6 Å². The summed E-state index contributed by atoms with van der Waals surface area (Å²) in [7, 11) is 1.58. The van der Waals surface area contributed by atoms with Gasteiger partial charge in [0.05, 0.1) is 6.61 Å². The van der Waals surface area contributed by atoms with Gasteiger partial charge in [-0.2, -0.15) is 4.91 Å². The van der Waals surface area contributed by atoms with Crippen molar-refractivity contribution >= 4 is 5.91 Å². The van der Waals surface area contributed by atoms with Crippen molar-refractivity contribution in [2.24, 2.45) is 11.1 Å². The van der Waals surface area contributed by atoms with Crippen molar-refractivity contribution in [1.82, 2.24) is 4.90 Å². The molecule has 0 radical (unpaired) electrons. The van der Waals surface area contributed by atoms with E-state index in [9.17, 15) is 9.70 Å². The highest BCUT2D eigenvalue weighted by Crippen LogP contribution is 2.19. The molecule has 0 bridgehead atoms. The molecule has 1 amide bonds. The van der Waals surface area contributed by atoms with Crippen LogP contribution in [-0.4, -0.2) is 37.6 Å². The van der Waals surface area contributed by atoms with Crippen LogP contribution in [0.2, 0.25) is 0 Å². The third-order valence-electron chi connectivity index (χ3n) is 2.37. The molecule has 0 heterocycles. The summed E-state index contributed by atoms with van der Waals surface area (Å²) in [5, 5.41) is 2.66. The van der Waals surface area contributed by atoms with Crippen LogP contribution >= 0.6 is 0 Å². The monoisotopic (exact) mass is 242 g/mol. The van der Waals surface area contributed by atoms with Gasteiger partial charge in [-0.25, -0.2) is 0 Å². The molecule has 0 unspecified atom stereocenters. The summed E-state index contributed by atoms with van der Waals surface area (Å²) < 4.78 is 4.99. The Hall–Kier alpha value is -1.23. The summed E-state index contributed by atoms with van der Waals surface area (Å²) >= 11 is 0. The molecule has 0 saturated carbocycles. The highest BCUT2D eigenvalue weighted by Gasteiger charge is 2.21. The Balaban J connectivity index is 5.06. The van der Waals surface area contributed by atoms with Crippen molar-refractivity contribution in [3.63, 3.8) is 0 Å². The lowest BCUT2D eigenvalue weighted by atomic mass is 10.0. The van der Waals surface area contributed by atoms with Gasteiger partial charge in [-0.3, -0.25) is 4.79 Å². The van der Waals surface area contributed by atoms with Crippen LogP contribution in [0.25, 0.3) is 0 Å². The molecular weight excluding hydrogens is 220 g/mol. The van der Waals surface area contributed by atoms with E-state index in [1.165, 1.54) is 0 Å². The van der Waals surface area contributed by atoms with Crippen molar-refractivity contribution in [3.05, 3.63) is 16.2 Å². The first-order valence-corrected chi connectivity index (χ1v) is 5.71.